The number of benzene rings is 2. The largest absolute Gasteiger partial charge is 0.478 e. The molecular weight excluding hydrogens is 334 g/mol. The maximum Gasteiger partial charge on any atom is 0.338 e. The number of H-pyrrole nitrogens is 1. The number of hydrogen-bond donors (Lipinski definition) is 2. The van der Waals surface area contributed by atoms with E-state index in [4.69, 9.17) is 0 Å². The van der Waals surface area contributed by atoms with Crippen molar-refractivity contribution >= 4 is 38.6 Å². The molecule has 0 amide bonds. The molecule has 0 aliphatic rings. The van der Waals surface area contributed by atoms with Crippen molar-refractivity contribution in [3.63, 3.8) is 0 Å². The van der Waals surface area contributed by atoms with Crippen LogP contribution in [0.3, 0.4) is 0 Å². The normalized spacial score (nSPS) is 10.7. The second kappa shape index (κ2) is 5.18. The molecule has 0 saturated carbocycles. The Balaban J connectivity index is 2.19. The average molecular weight is 344 g/mol. The molecule has 1 heterocycles. The molecule has 0 radical (unpaired) electrons. The predicted molar refractivity (Wildman–Crippen MR) is 82.8 cm³/mol. The van der Waals surface area contributed by atoms with Crippen molar-refractivity contribution in [2.24, 2.45) is 0 Å². The van der Waals surface area contributed by atoms with Gasteiger partial charge in [0, 0.05) is 20.9 Å². The van der Waals surface area contributed by atoms with Crippen LogP contribution in [0.2, 0.25) is 0 Å². The summed E-state index contributed by atoms with van der Waals surface area (Å²) in [5.41, 5.74) is 1.19. The molecule has 4 nitrogen and oxygen atoms in total. The molecule has 21 heavy (non-hydrogen) atoms. The number of carboxylic acid groups (broad SMARTS) is 1. The van der Waals surface area contributed by atoms with Gasteiger partial charge >= 0.3 is 5.97 Å². The van der Waals surface area contributed by atoms with Gasteiger partial charge in [-0.25, -0.2) is 4.79 Å². The highest BCUT2D eigenvalue weighted by Crippen LogP contribution is 2.25. The van der Waals surface area contributed by atoms with E-state index in [9.17, 15) is 14.7 Å². The molecule has 3 rings (SSSR count). The first-order valence-corrected chi connectivity index (χ1v) is 7.01. The van der Waals surface area contributed by atoms with E-state index < -0.39 is 5.97 Å². The van der Waals surface area contributed by atoms with Crippen molar-refractivity contribution in [1.29, 1.82) is 0 Å². The van der Waals surface area contributed by atoms with E-state index in [0.29, 0.717) is 16.5 Å². The third-order valence-corrected chi connectivity index (χ3v) is 3.78. The van der Waals surface area contributed by atoms with Crippen LogP contribution in [0.25, 0.3) is 10.9 Å². The number of carbonyl (C=O) groups is 2. The van der Waals surface area contributed by atoms with Crippen molar-refractivity contribution in [1.82, 2.24) is 4.98 Å². The quantitative estimate of drug-likeness (QED) is 0.709. The number of carbonyl (C=O) groups excluding carboxylic acids is 1. The van der Waals surface area contributed by atoms with Crippen molar-refractivity contribution in [3.8, 4) is 0 Å². The third kappa shape index (κ3) is 2.36. The molecule has 104 valence electrons. The van der Waals surface area contributed by atoms with E-state index in [1.54, 1.807) is 48.5 Å². The standard InChI is InChI=1S/C16H10BrNO3/c17-10-7-5-9(6-8-10)15(19)14-13(16(20)21)11-3-1-2-4-12(11)18-14/h1-8,18H,(H,20,21). The number of para-hydroxylation sites is 1. The van der Waals surface area contributed by atoms with Gasteiger partial charge in [-0.15, -0.1) is 0 Å². The summed E-state index contributed by atoms with van der Waals surface area (Å²) in [6.07, 6.45) is 0. The van der Waals surface area contributed by atoms with E-state index in [1.807, 2.05) is 0 Å². The van der Waals surface area contributed by atoms with Crippen LogP contribution in [-0.4, -0.2) is 21.8 Å². The molecule has 3 aromatic rings. The van der Waals surface area contributed by atoms with Gasteiger partial charge in [-0.2, -0.15) is 0 Å². The van der Waals surface area contributed by atoms with Gasteiger partial charge in [0.05, 0.1) is 5.56 Å². The van der Waals surface area contributed by atoms with Crippen molar-refractivity contribution < 1.29 is 14.7 Å². The first-order valence-electron chi connectivity index (χ1n) is 6.22. The maximum absolute atomic E-state index is 12.5. The zero-order valence-electron chi connectivity index (χ0n) is 10.8. The van der Waals surface area contributed by atoms with Crippen LogP contribution in [0, 0.1) is 0 Å². The Morgan fingerprint density at radius 2 is 1.67 bits per heavy atom. The zero-order chi connectivity index (χ0) is 15.0. The topological polar surface area (TPSA) is 70.2 Å². The van der Waals surface area contributed by atoms with Crippen LogP contribution in [0.15, 0.2) is 53.0 Å². The molecule has 0 unspecified atom stereocenters. The molecule has 0 atom stereocenters. The fraction of sp³-hybridized carbons (Fsp3) is 0. The van der Waals surface area contributed by atoms with E-state index in [1.165, 1.54) is 0 Å². The third-order valence-electron chi connectivity index (χ3n) is 3.25. The minimum atomic E-state index is -1.12. The van der Waals surface area contributed by atoms with Gasteiger partial charge in [-0.3, -0.25) is 4.79 Å². The van der Waals surface area contributed by atoms with Crippen LogP contribution >= 0.6 is 15.9 Å². The number of aromatic amines is 1. The highest BCUT2D eigenvalue weighted by molar-refractivity contribution is 9.10. The number of ketones is 1. The van der Waals surface area contributed by atoms with Gasteiger partial charge in [-0.1, -0.05) is 34.1 Å². The minimum Gasteiger partial charge on any atom is -0.478 e. The molecule has 0 saturated heterocycles. The molecule has 2 aromatic carbocycles. The number of nitrogens with one attached hydrogen (secondary N) is 1. The van der Waals surface area contributed by atoms with Crippen LogP contribution in [0.5, 0.6) is 0 Å². The van der Waals surface area contributed by atoms with E-state index in [-0.39, 0.29) is 17.0 Å². The number of carboxylic acids is 1. The Hall–Kier alpha value is -2.40. The zero-order valence-corrected chi connectivity index (χ0v) is 12.3. The second-order valence-corrected chi connectivity index (χ2v) is 5.48. The summed E-state index contributed by atoms with van der Waals surface area (Å²) < 4.78 is 0.856. The fourth-order valence-corrected chi connectivity index (χ4v) is 2.54. The number of fused-ring (bicyclic) bond motifs is 1. The summed E-state index contributed by atoms with van der Waals surface area (Å²) in [6.45, 7) is 0. The first kappa shape index (κ1) is 13.6. The average Bonchev–Trinajstić information content (AvgIpc) is 2.86. The molecule has 1 aromatic heterocycles. The van der Waals surface area contributed by atoms with E-state index in [0.717, 1.165) is 4.47 Å². The number of aromatic carboxylic acids is 1. The van der Waals surface area contributed by atoms with Crippen LogP contribution < -0.4 is 0 Å². The fourth-order valence-electron chi connectivity index (χ4n) is 2.28. The smallest absolute Gasteiger partial charge is 0.338 e. The van der Waals surface area contributed by atoms with Gasteiger partial charge in [-0.05, 0) is 30.3 Å². The lowest BCUT2D eigenvalue weighted by atomic mass is 10.0. The van der Waals surface area contributed by atoms with E-state index in [2.05, 4.69) is 20.9 Å². The predicted octanol–water partition coefficient (Wildman–Crippen LogP) is 3.86. The van der Waals surface area contributed by atoms with Gasteiger partial charge in [0.1, 0.15) is 5.69 Å². The molecule has 0 aliphatic heterocycles. The summed E-state index contributed by atoms with van der Waals surface area (Å²) in [7, 11) is 0. The SMILES string of the molecule is O=C(c1ccc(Br)cc1)c1[nH]c2ccccc2c1C(=O)O. The van der Waals surface area contributed by atoms with Gasteiger partial charge in [0.2, 0.25) is 5.78 Å². The lowest BCUT2D eigenvalue weighted by Gasteiger charge is -2.01. The Kier molecular flexibility index (Phi) is 3.35. The number of halogens is 1. The Morgan fingerprint density at radius 1 is 1.00 bits per heavy atom. The molecule has 0 fully saturated rings. The number of aromatic nitrogens is 1. The molecule has 5 heteroatoms. The highest BCUT2D eigenvalue weighted by atomic mass is 79.9. The van der Waals surface area contributed by atoms with Crippen LogP contribution in [0.4, 0.5) is 0 Å². The second-order valence-electron chi connectivity index (χ2n) is 4.56. The molecule has 0 spiro atoms. The van der Waals surface area contributed by atoms with Gasteiger partial charge < -0.3 is 10.1 Å². The number of hydrogen-bond acceptors (Lipinski definition) is 2. The first-order chi connectivity index (χ1) is 10.1. The summed E-state index contributed by atoms with van der Waals surface area (Å²) in [5, 5.41) is 9.95. The number of rotatable bonds is 3. The van der Waals surface area contributed by atoms with Gasteiger partial charge in [0.15, 0.2) is 0 Å². The van der Waals surface area contributed by atoms with E-state index >= 15 is 0 Å². The lowest BCUT2D eigenvalue weighted by molar-refractivity contribution is 0.0695. The van der Waals surface area contributed by atoms with Gasteiger partial charge in [0.25, 0.3) is 0 Å². The summed E-state index contributed by atoms with van der Waals surface area (Å²) in [6, 6.07) is 13.8. The highest BCUT2D eigenvalue weighted by Gasteiger charge is 2.23. The Bertz CT molecular complexity index is 850. The summed E-state index contributed by atoms with van der Waals surface area (Å²) in [4.78, 5) is 27.0. The van der Waals surface area contributed by atoms with Crippen LogP contribution in [0.1, 0.15) is 26.4 Å². The van der Waals surface area contributed by atoms with Crippen molar-refractivity contribution in [2.45, 2.75) is 0 Å². The molecule has 2 N–H and O–H groups in total. The minimum absolute atomic E-state index is 0.0125. The summed E-state index contributed by atoms with van der Waals surface area (Å²) in [5.74, 6) is -1.45. The van der Waals surface area contributed by atoms with Crippen molar-refractivity contribution in [3.05, 3.63) is 69.8 Å². The summed E-state index contributed by atoms with van der Waals surface area (Å²) >= 11 is 3.30. The molecule has 0 aliphatic carbocycles. The Labute approximate surface area is 128 Å². The Morgan fingerprint density at radius 3 is 2.33 bits per heavy atom. The lowest BCUT2D eigenvalue weighted by Crippen LogP contribution is -2.08. The monoisotopic (exact) mass is 343 g/mol. The van der Waals surface area contributed by atoms with Crippen LogP contribution in [-0.2, 0) is 0 Å². The molecule has 0 bridgehead atoms. The maximum atomic E-state index is 12.5. The van der Waals surface area contributed by atoms with Crippen molar-refractivity contribution in [2.75, 3.05) is 0 Å². The molecular formula is C16H10BrNO3.